The Labute approximate surface area is 119 Å². The van der Waals surface area contributed by atoms with Crippen LogP contribution >= 0.6 is 27.3 Å². The number of likely N-dealkylation sites (N-methyl/N-ethyl adjacent to an activating group) is 1. The molecule has 2 heterocycles. The van der Waals surface area contributed by atoms with Crippen LogP contribution in [0, 0.1) is 0 Å². The maximum atomic E-state index is 12.1. The van der Waals surface area contributed by atoms with Gasteiger partial charge in [-0.15, -0.1) is 11.3 Å². The fraction of sp³-hybridized carbons (Fsp3) is 0.231. The second-order valence-corrected chi connectivity index (χ2v) is 5.90. The number of pyridine rings is 1. The number of halogens is 1. The van der Waals surface area contributed by atoms with Gasteiger partial charge in [-0.2, -0.15) is 0 Å². The van der Waals surface area contributed by atoms with E-state index in [-0.39, 0.29) is 5.91 Å². The lowest BCUT2D eigenvalue weighted by Crippen LogP contribution is -2.28. The van der Waals surface area contributed by atoms with E-state index < -0.39 is 0 Å². The first-order valence-electron chi connectivity index (χ1n) is 5.55. The topological polar surface area (TPSA) is 33.2 Å². The van der Waals surface area contributed by atoms with E-state index in [1.807, 2.05) is 13.1 Å². The summed E-state index contributed by atoms with van der Waals surface area (Å²) in [6.07, 6.45) is 4.15. The van der Waals surface area contributed by atoms with Crippen molar-refractivity contribution >= 4 is 33.2 Å². The van der Waals surface area contributed by atoms with Crippen LogP contribution in [0.15, 0.2) is 40.4 Å². The van der Waals surface area contributed by atoms with Crippen LogP contribution in [0.1, 0.15) is 15.2 Å². The Kier molecular flexibility index (Phi) is 4.49. The molecular weight excluding hydrogens is 312 g/mol. The van der Waals surface area contributed by atoms with Crippen LogP contribution in [0.25, 0.3) is 0 Å². The van der Waals surface area contributed by atoms with E-state index >= 15 is 0 Å². The fourth-order valence-electron chi connectivity index (χ4n) is 1.58. The Balaban J connectivity index is 1.96. The highest BCUT2D eigenvalue weighted by Crippen LogP contribution is 2.13. The monoisotopic (exact) mass is 324 g/mol. The minimum absolute atomic E-state index is 0.000330. The summed E-state index contributed by atoms with van der Waals surface area (Å²) in [4.78, 5) is 19.1. The van der Waals surface area contributed by atoms with Gasteiger partial charge in [-0.25, -0.2) is 0 Å². The maximum absolute atomic E-state index is 12.1. The van der Waals surface area contributed by atoms with Crippen LogP contribution in [-0.4, -0.2) is 29.4 Å². The average Bonchev–Trinajstić information content (AvgIpc) is 2.88. The van der Waals surface area contributed by atoms with Gasteiger partial charge in [0, 0.05) is 35.3 Å². The molecule has 2 rings (SSSR count). The normalized spacial score (nSPS) is 10.3. The molecule has 0 fully saturated rings. The third kappa shape index (κ3) is 3.40. The van der Waals surface area contributed by atoms with E-state index in [1.54, 1.807) is 34.7 Å². The SMILES string of the molecule is CN(CCc1cccs1)C(=O)c1cncc(Br)c1. The molecule has 5 heteroatoms. The first-order valence-corrected chi connectivity index (χ1v) is 7.22. The molecule has 0 bridgehead atoms. The largest absolute Gasteiger partial charge is 0.341 e. The molecule has 0 aliphatic rings. The van der Waals surface area contributed by atoms with Crippen LogP contribution in [0.5, 0.6) is 0 Å². The van der Waals surface area contributed by atoms with Gasteiger partial charge in [-0.3, -0.25) is 9.78 Å². The van der Waals surface area contributed by atoms with Crippen molar-refractivity contribution < 1.29 is 4.79 Å². The molecule has 1 amide bonds. The van der Waals surface area contributed by atoms with Gasteiger partial charge in [0.25, 0.3) is 5.91 Å². The van der Waals surface area contributed by atoms with Gasteiger partial charge in [-0.1, -0.05) is 6.07 Å². The molecule has 0 atom stereocenters. The van der Waals surface area contributed by atoms with E-state index in [2.05, 4.69) is 32.4 Å². The van der Waals surface area contributed by atoms with Gasteiger partial charge in [0.1, 0.15) is 0 Å². The number of hydrogen-bond donors (Lipinski definition) is 0. The molecule has 94 valence electrons. The molecule has 2 aromatic rings. The molecule has 2 aromatic heterocycles. The lowest BCUT2D eigenvalue weighted by Gasteiger charge is -2.16. The molecule has 0 saturated heterocycles. The fourth-order valence-corrected chi connectivity index (χ4v) is 2.65. The predicted octanol–water partition coefficient (Wildman–Crippen LogP) is 3.22. The summed E-state index contributed by atoms with van der Waals surface area (Å²) in [6.45, 7) is 0.714. The zero-order valence-electron chi connectivity index (χ0n) is 9.97. The van der Waals surface area contributed by atoms with Gasteiger partial charge in [0.05, 0.1) is 5.56 Å². The van der Waals surface area contributed by atoms with Crippen LogP contribution in [0.2, 0.25) is 0 Å². The van der Waals surface area contributed by atoms with Crippen molar-refractivity contribution in [3.05, 3.63) is 50.9 Å². The van der Waals surface area contributed by atoms with Crippen LogP contribution in [0.4, 0.5) is 0 Å². The van der Waals surface area contributed by atoms with Crippen molar-refractivity contribution in [1.82, 2.24) is 9.88 Å². The molecule has 18 heavy (non-hydrogen) atoms. The number of carbonyl (C=O) groups is 1. The molecule has 0 aliphatic heterocycles. The predicted molar refractivity (Wildman–Crippen MR) is 76.9 cm³/mol. The summed E-state index contributed by atoms with van der Waals surface area (Å²) >= 11 is 5.04. The second-order valence-electron chi connectivity index (χ2n) is 3.95. The number of carbonyl (C=O) groups excluding carboxylic acids is 1. The van der Waals surface area contributed by atoms with Crippen molar-refractivity contribution in [1.29, 1.82) is 0 Å². The van der Waals surface area contributed by atoms with E-state index in [9.17, 15) is 4.79 Å². The van der Waals surface area contributed by atoms with Crippen LogP contribution in [-0.2, 0) is 6.42 Å². The Morgan fingerprint density at radius 2 is 2.33 bits per heavy atom. The summed E-state index contributed by atoms with van der Waals surface area (Å²) in [5.41, 5.74) is 0.609. The zero-order valence-corrected chi connectivity index (χ0v) is 12.4. The Hall–Kier alpha value is -1.20. The quantitative estimate of drug-likeness (QED) is 0.865. The molecule has 0 unspecified atom stereocenters. The number of nitrogens with zero attached hydrogens (tertiary/aromatic N) is 2. The van der Waals surface area contributed by atoms with Gasteiger partial charge < -0.3 is 4.90 Å². The standard InChI is InChI=1S/C13H13BrN2OS/c1-16(5-4-12-3-2-6-18-12)13(17)10-7-11(14)9-15-8-10/h2-3,6-9H,4-5H2,1H3. The molecule has 0 spiro atoms. The van der Waals surface area contributed by atoms with Crippen LogP contribution in [0.3, 0.4) is 0 Å². The minimum atomic E-state index is 0.000330. The number of rotatable bonds is 4. The molecule has 0 aromatic carbocycles. The first kappa shape index (κ1) is 13.2. The molecule has 0 aliphatic carbocycles. The van der Waals surface area contributed by atoms with E-state index in [0.717, 1.165) is 10.9 Å². The smallest absolute Gasteiger partial charge is 0.255 e. The zero-order chi connectivity index (χ0) is 13.0. The number of hydrogen-bond acceptors (Lipinski definition) is 3. The highest BCUT2D eigenvalue weighted by molar-refractivity contribution is 9.10. The van der Waals surface area contributed by atoms with Crippen molar-refractivity contribution in [2.24, 2.45) is 0 Å². The van der Waals surface area contributed by atoms with Crippen molar-refractivity contribution in [2.75, 3.05) is 13.6 Å². The van der Waals surface area contributed by atoms with Gasteiger partial charge in [0.2, 0.25) is 0 Å². The summed E-state index contributed by atoms with van der Waals surface area (Å²) in [7, 11) is 1.82. The minimum Gasteiger partial charge on any atom is -0.341 e. The number of aromatic nitrogens is 1. The van der Waals surface area contributed by atoms with E-state index in [4.69, 9.17) is 0 Å². The van der Waals surface area contributed by atoms with E-state index in [1.165, 1.54) is 4.88 Å². The summed E-state index contributed by atoms with van der Waals surface area (Å²) < 4.78 is 0.819. The third-order valence-corrected chi connectivity index (χ3v) is 3.94. The summed E-state index contributed by atoms with van der Waals surface area (Å²) in [5.74, 6) is 0.000330. The Bertz CT molecular complexity index is 528. The molecule has 0 N–H and O–H groups in total. The Morgan fingerprint density at radius 3 is 3.00 bits per heavy atom. The highest BCUT2D eigenvalue weighted by atomic mass is 79.9. The van der Waals surface area contributed by atoms with Crippen molar-refractivity contribution in [3.63, 3.8) is 0 Å². The summed E-state index contributed by atoms with van der Waals surface area (Å²) in [6, 6.07) is 5.90. The lowest BCUT2D eigenvalue weighted by molar-refractivity contribution is 0.0796. The summed E-state index contributed by atoms with van der Waals surface area (Å²) in [5, 5.41) is 2.05. The first-order chi connectivity index (χ1) is 8.66. The molecule has 0 saturated carbocycles. The lowest BCUT2D eigenvalue weighted by atomic mass is 10.2. The van der Waals surface area contributed by atoms with Crippen LogP contribution < -0.4 is 0 Å². The van der Waals surface area contributed by atoms with Gasteiger partial charge in [-0.05, 0) is 39.9 Å². The number of amides is 1. The van der Waals surface area contributed by atoms with Crippen molar-refractivity contribution in [3.8, 4) is 0 Å². The molecular formula is C13H13BrN2OS. The van der Waals surface area contributed by atoms with Crippen molar-refractivity contribution in [2.45, 2.75) is 6.42 Å². The Morgan fingerprint density at radius 1 is 1.50 bits per heavy atom. The average molecular weight is 325 g/mol. The van der Waals surface area contributed by atoms with Gasteiger partial charge in [0.15, 0.2) is 0 Å². The molecule has 0 radical (unpaired) electrons. The molecule has 3 nitrogen and oxygen atoms in total. The maximum Gasteiger partial charge on any atom is 0.255 e. The van der Waals surface area contributed by atoms with Gasteiger partial charge >= 0.3 is 0 Å². The highest BCUT2D eigenvalue weighted by Gasteiger charge is 2.12. The number of thiophene rings is 1. The van der Waals surface area contributed by atoms with E-state index in [0.29, 0.717) is 12.1 Å². The second kappa shape index (κ2) is 6.11. The third-order valence-electron chi connectivity index (χ3n) is 2.57.